The van der Waals surface area contributed by atoms with Crippen LogP contribution >= 0.6 is 0 Å². The van der Waals surface area contributed by atoms with Crippen LogP contribution in [0.25, 0.3) is 11.1 Å². The number of hydrogen-bond donors (Lipinski definition) is 1. The van der Waals surface area contributed by atoms with E-state index in [1.807, 2.05) is 30.3 Å². The maximum atomic E-state index is 14.0. The zero-order chi connectivity index (χ0) is 26.0. The van der Waals surface area contributed by atoms with Gasteiger partial charge in [-0.15, -0.1) is 0 Å². The summed E-state index contributed by atoms with van der Waals surface area (Å²) in [5.74, 6) is -3.17. The van der Waals surface area contributed by atoms with Gasteiger partial charge in [0, 0.05) is 32.0 Å². The highest BCUT2D eigenvalue weighted by molar-refractivity contribution is 5.85. The van der Waals surface area contributed by atoms with Crippen LogP contribution in [0, 0.1) is 5.41 Å². The predicted molar refractivity (Wildman–Crippen MR) is 136 cm³/mol. The Bertz CT molecular complexity index is 1250. The summed E-state index contributed by atoms with van der Waals surface area (Å²) in [6.07, 6.45) is -3.45. The van der Waals surface area contributed by atoms with Crippen molar-refractivity contribution in [3.05, 3.63) is 96.1 Å². The van der Waals surface area contributed by atoms with Crippen molar-refractivity contribution < 1.29 is 22.8 Å². The quantitative estimate of drug-likeness (QED) is 0.478. The monoisotopic (exact) mass is 506 g/mol. The fourth-order valence-corrected chi connectivity index (χ4v) is 6.06. The molecule has 0 bridgehead atoms. The number of piperidine rings is 2. The van der Waals surface area contributed by atoms with Crippen LogP contribution in [0.1, 0.15) is 42.2 Å². The molecular weight excluding hydrogens is 477 g/mol. The maximum Gasteiger partial charge on any atom is 0.404 e. The maximum absolute atomic E-state index is 14.0. The van der Waals surface area contributed by atoms with Gasteiger partial charge in [-0.25, -0.2) is 0 Å². The first-order valence-corrected chi connectivity index (χ1v) is 12.6. The molecule has 4 nitrogen and oxygen atoms in total. The van der Waals surface area contributed by atoms with Crippen molar-refractivity contribution in [2.45, 2.75) is 37.3 Å². The Labute approximate surface area is 214 Å². The second-order valence-electron chi connectivity index (χ2n) is 10.1. The third-order valence-corrected chi connectivity index (χ3v) is 7.95. The van der Waals surface area contributed by atoms with Crippen molar-refractivity contribution in [1.29, 1.82) is 0 Å². The summed E-state index contributed by atoms with van der Waals surface area (Å²) in [6.45, 7) is 0.844. The Morgan fingerprint density at radius 2 is 1.49 bits per heavy atom. The molecule has 0 aliphatic carbocycles. The van der Waals surface area contributed by atoms with E-state index in [0.717, 1.165) is 16.7 Å². The summed E-state index contributed by atoms with van der Waals surface area (Å²) in [5.41, 5.74) is 2.81. The fraction of sp³-hybridized carbons (Fsp3) is 0.333. The van der Waals surface area contributed by atoms with Gasteiger partial charge in [-0.1, -0.05) is 84.9 Å². The molecule has 2 amide bonds. The fourth-order valence-electron chi connectivity index (χ4n) is 6.06. The van der Waals surface area contributed by atoms with Crippen molar-refractivity contribution in [2.75, 3.05) is 19.6 Å². The molecule has 0 saturated carbocycles. The Hall–Kier alpha value is -3.61. The number of carbonyl (C=O) groups excluding carboxylic acids is 2. The summed E-state index contributed by atoms with van der Waals surface area (Å²) in [6, 6.07) is 25.5. The van der Waals surface area contributed by atoms with Gasteiger partial charge in [0.1, 0.15) is 0 Å². The Kier molecular flexibility index (Phi) is 6.80. The van der Waals surface area contributed by atoms with E-state index in [4.69, 9.17) is 0 Å². The molecule has 5 rings (SSSR count). The number of rotatable bonds is 4. The molecule has 2 unspecified atom stereocenters. The van der Waals surface area contributed by atoms with Crippen molar-refractivity contribution in [3.63, 3.8) is 0 Å². The first-order valence-electron chi connectivity index (χ1n) is 12.6. The second kappa shape index (κ2) is 10.0. The van der Waals surface area contributed by atoms with E-state index < -0.39 is 23.4 Å². The third kappa shape index (κ3) is 4.99. The minimum absolute atomic E-state index is 0.00797. The Balaban J connectivity index is 1.42. The largest absolute Gasteiger partial charge is 0.404 e. The number of nitrogens with zero attached hydrogens (tertiary/aromatic N) is 1. The van der Waals surface area contributed by atoms with Crippen LogP contribution in [0.15, 0.2) is 84.9 Å². The smallest absolute Gasteiger partial charge is 0.355 e. The molecule has 3 aromatic carbocycles. The van der Waals surface area contributed by atoms with Crippen LogP contribution in [0.4, 0.5) is 13.2 Å². The Morgan fingerprint density at radius 3 is 2.14 bits per heavy atom. The van der Waals surface area contributed by atoms with Crippen LogP contribution in [0.3, 0.4) is 0 Å². The molecule has 192 valence electrons. The second-order valence-corrected chi connectivity index (χ2v) is 10.1. The molecule has 2 heterocycles. The van der Waals surface area contributed by atoms with E-state index in [2.05, 4.69) is 29.6 Å². The van der Waals surface area contributed by atoms with Gasteiger partial charge in [0.15, 0.2) is 5.92 Å². The van der Waals surface area contributed by atoms with Gasteiger partial charge < -0.3 is 10.2 Å². The van der Waals surface area contributed by atoms with E-state index in [-0.39, 0.29) is 30.5 Å². The first-order chi connectivity index (χ1) is 17.8. The summed E-state index contributed by atoms with van der Waals surface area (Å²) < 4.78 is 42.0. The van der Waals surface area contributed by atoms with Crippen LogP contribution in [0.5, 0.6) is 0 Å². The molecule has 1 spiro atoms. The highest BCUT2D eigenvalue weighted by atomic mass is 19.4. The van der Waals surface area contributed by atoms with Crippen molar-refractivity contribution in [2.24, 2.45) is 5.41 Å². The van der Waals surface area contributed by atoms with Gasteiger partial charge in [0.2, 0.25) is 11.8 Å². The lowest BCUT2D eigenvalue weighted by Gasteiger charge is -2.49. The lowest BCUT2D eigenvalue weighted by atomic mass is 9.61. The summed E-state index contributed by atoms with van der Waals surface area (Å²) >= 11 is 0. The molecule has 7 heteroatoms. The number of halogens is 3. The van der Waals surface area contributed by atoms with Gasteiger partial charge in [0.25, 0.3) is 0 Å². The summed E-state index contributed by atoms with van der Waals surface area (Å²) in [4.78, 5) is 27.1. The minimum atomic E-state index is -4.69. The van der Waals surface area contributed by atoms with E-state index >= 15 is 0 Å². The molecule has 2 fully saturated rings. The van der Waals surface area contributed by atoms with Crippen LogP contribution in [-0.2, 0) is 9.59 Å². The highest BCUT2D eigenvalue weighted by Crippen LogP contribution is 2.51. The number of hydrogen-bond acceptors (Lipinski definition) is 2. The highest BCUT2D eigenvalue weighted by Gasteiger charge is 2.51. The van der Waals surface area contributed by atoms with Gasteiger partial charge in [-0.3, -0.25) is 9.59 Å². The lowest BCUT2D eigenvalue weighted by molar-refractivity contribution is -0.173. The number of benzene rings is 3. The average Bonchev–Trinajstić information content (AvgIpc) is 2.90. The Morgan fingerprint density at radius 1 is 0.892 bits per heavy atom. The molecule has 0 radical (unpaired) electrons. The van der Waals surface area contributed by atoms with E-state index in [1.165, 1.54) is 29.2 Å². The summed E-state index contributed by atoms with van der Waals surface area (Å²) in [5, 5.41) is 3.01. The van der Waals surface area contributed by atoms with Crippen molar-refractivity contribution in [1.82, 2.24) is 10.2 Å². The molecular formula is C30H29F3N2O2. The molecule has 2 aliphatic heterocycles. The van der Waals surface area contributed by atoms with Crippen molar-refractivity contribution >= 4 is 11.8 Å². The van der Waals surface area contributed by atoms with Gasteiger partial charge in [0.05, 0.1) is 0 Å². The number of likely N-dealkylation sites (tertiary alicyclic amines) is 1. The van der Waals surface area contributed by atoms with E-state index in [0.29, 0.717) is 25.8 Å². The zero-order valence-electron chi connectivity index (χ0n) is 20.4. The van der Waals surface area contributed by atoms with Crippen LogP contribution < -0.4 is 5.32 Å². The third-order valence-electron chi connectivity index (χ3n) is 7.95. The number of amides is 2. The lowest BCUT2D eigenvalue weighted by Crippen LogP contribution is -2.54. The van der Waals surface area contributed by atoms with Gasteiger partial charge in [-0.05, 0) is 40.5 Å². The standard InChI is InChI=1S/C30H29F3N2O2/c31-30(32,33)27(22-11-5-2-6-12-22)28(37)35-17-15-29(16-18-35)19-26(36)34-20-25(29)24-14-8-7-13-23(24)21-9-3-1-4-10-21/h1-14,25,27H,15-20H2,(H,34,36). The number of alkyl halides is 3. The molecule has 37 heavy (non-hydrogen) atoms. The zero-order valence-corrected chi connectivity index (χ0v) is 20.4. The van der Waals surface area contributed by atoms with Crippen molar-refractivity contribution in [3.8, 4) is 11.1 Å². The van der Waals surface area contributed by atoms with E-state index in [1.54, 1.807) is 6.07 Å². The normalized spacial score (nSPS) is 20.4. The van der Waals surface area contributed by atoms with Crippen LogP contribution in [0.2, 0.25) is 0 Å². The average molecular weight is 507 g/mol. The SMILES string of the molecule is O=C1CC2(CCN(C(=O)C(c3ccccc3)C(F)(F)F)CC2)C(c2ccccc2-c2ccccc2)CN1. The first kappa shape index (κ1) is 25.1. The molecule has 3 aromatic rings. The van der Waals surface area contributed by atoms with Gasteiger partial charge in [-0.2, -0.15) is 13.2 Å². The number of nitrogens with one attached hydrogen (secondary N) is 1. The van der Waals surface area contributed by atoms with Crippen LogP contribution in [-0.4, -0.2) is 42.5 Å². The topological polar surface area (TPSA) is 49.4 Å². The summed E-state index contributed by atoms with van der Waals surface area (Å²) in [7, 11) is 0. The van der Waals surface area contributed by atoms with Gasteiger partial charge >= 0.3 is 6.18 Å². The minimum Gasteiger partial charge on any atom is -0.355 e. The van der Waals surface area contributed by atoms with E-state index in [9.17, 15) is 22.8 Å². The molecule has 2 saturated heterocycles. The predicted octanol–water partition coefficient (Wildman–Crippen LogP) is 5.91. The molecule has 0 aromatic heterocycles. The molecule has 2 atom stereocenters. The number of carbonyl (C=O) groups is 2. The molecule has 1 N–H and O–H groups in total. The molecule has 2 aliphatic rings.